The third kappa shape index (κ3) is 4.08. The molecule has 1 saturated heterocycles. The standard InChI is InChI=1S/C30H34FN4O2P/c1-20-6-12-24(13-7-20)33-38(35-14-16-36-17-15-35)28-18-25-27(34(5)21(2)30(25,3)4)19-26(28)32-29(37-38)22-8-10-23(31)11-9-22/h6-13,18-19,21H,14-17H2,1-5H3/t21-,38+/m0/s1. The van der Waals surface area contributed by atoms with E-state index in [9.17, 15) is 4.39 Å². The summed E-state index contributed by atoms with van der Waals surface area (Å²) in [4.78, 5) is 7.37. The summed E-state index contributed by atoms with van der Waals surface area (Å²) in [7, 11) is -0.670. The van der Waals surface area contributed by atoms with Crippen LogP contribution in [0.2, 0.25) is 0 Å². The van der Waals surface area contributed by atoms with Crippen LogP contribution in [0.5, 0.6) is 0 Å². The predicted octanol–water partition coefficient (Wildman–Crippen LogP) is 6.68. The summed E-state index contributed by atoms with van der Waals surface area (Å²) < 4.78 is 34.4. The van der Waals surface area contributed by atoms with Gasteiger partial charge >= 0.3 is 0 Å². The molecule has 0 radical (unpaired) electrons. The number of aryl methyl sites for hydroxylation is 1. The molecule has 3 heterocycles. The van der Waals surface area contributed by atoms with Gasteiger partial charge in [-0.05, 0) is 67.9 Å². The SMILES string of the molecule is Cc1ccc(N=[P@]2(N3CCOCC3)OC(c3ccc(F)cc3)=Nc3cc4c(cc32)C(C)(C)[C@H](C)N4C)cc1. The summed E-state index contributed by atoms with van der Waals surface area (Å²) >= 11 is 0. The molecule has 0 N–H and O–H groups in total. The number of fused-ring (bicyclic) bond motifs is 2. The molecule has 6 rings (SSSR count). The topological polar surface area (TPSA) is 49.7 Å². The molecule has 3 aromatic carbocycles. The van der Waals surface area contributed by atoms with Crippen LogP contribution < -0.4 is 10.2 Å². The van der Waals surface area contributed by atoms with Gasteiger partial charge in [0, 0.05) is 42.8 Å². The molecule has 0 aromatic heterocycles. The van der Waals surface area contributed by atoms with Gasteiger partial charge in [-0.2, -0.15) is 0 Å². The number of likely N-dealkylation sites (N-methyl/N-ethyl adjacent to an activating group) is 1. The minimum atomic E-state index is -2.82. The molecule has 38 heavy (non-hydrogen) atoms. The summed E-state index contributed by atoms with van der Waals surface area (Å²) in [6.45, 7) is 11.6. The first-order valence-corrected chi connectivity index (χ1v) is 14.8. The molecule has 3 aromatic rings. The van der Waals surface area contributed by atoms with E-state index in [4.69, 9.17) is 19.0 Å². The summed E-state index contributed by atoms with van der Waals surface area (Å²) in [5, 5.41) is 1.03. The fourth-order valence-electron chi connectivity index (χ4n) is 5.56. The van der Waals surface area contributed by atoms with Crippen molar-refractivity contribution in [2.45, 2.75) is 39.2 Å². The van der Waals surface area contributed by atoms with E-state index >= 15 is 0 Å². The van der Waals surface area contributed by atoms with E-state index in [0.717, 1.165) is 22.2 Å². The Morgan fingerprint density at radius 2 is 1.71 bits per heavy atom. The van der Waals surface area contributed by atoms with Crippen LogP contribution in [-0.4, -0.2) is 50.0 Å². The van der Waals surface area contributed by atoms with Gasteiger partial charge in [-0.1, -0.05) is 31.5 Å². The van der Waals surface area contributed by atoms with Crippen molar-refractivity contribution in [1.29, 1.82) is 0 Å². The number of nitrogens with zero attached hydrogens (tertiary/aromatic N) is 4. The van der Waals surface area contributed by atoms with Gasteiger partial charge < -0.3 is 14.2 Å². The van der Waals surface area contributed by atoms with Crippen molar-refractivity contribution in [3.05, 3.63) is 83.2 Å². The first kappa shape index (κ1) is 25.3. The summed E-state index contributed by atoms with van der Waals surface area (Å²) in [5.41, 5.74) is 6.06. The molecule has 0 saturated carbocycles. The Morgan fingerprint density at radius 3 is 2.39 bits per heavy atom. The molecule has 3 aliphatic rings. The van der Waals surface area contributed by atoms with Crippen LogP contribution in [0.15, 0.2) is 70.4 Å². The molecule has 2 atom stereocenters. The molecule has 0 bridgehead atoms. The van der Waals surface area contributed by atoms with Crippen LogP contribution in [0, 0.1) is 12.7 Å². The van der Waals surface area contributed by atoms with Crippen molar-refractivity contribution in [1.82, 2.24) is 4.67 Å². The van der Waals surface area contributed by atoms with Crippen LogP contribution in [0.3, 0.4) is 0 Å². The lowest BCUT2D eigenvalue weighted by Crippen LogP contribution is -2.39. The van der Waals surface area contributed by atoms with Gasteiger partial charge in [0.15, 0.2) is 0 Å². The van der Waals surface area contributed by atoms with Crippen molar-refractivity contribution in [3.8, 4) is 0 Å². The third-order valence-electron chi connectivity index (χ3n) is 8.29. The highest BCUT2D eigenvalue weighted by Gasteiger charge is 2.46. The van der Waals surface area contributed by atoms with Crippen molar-refractivity contribution < 1.29 is 13.7 Å². The number of rotatable bonds is 3. The van der Waals surface area contributed by atoms with Gasteiger partial charge in [0.1, 0.15) is 5.82 Å². The predicted molar refractivity (Wildman–Crippen MR) is 153 cm³/mol. The second-order valence-electron chi connectivity index (χ2n) is 10.9. The zero-order chi connectivity index (χ0) is 26.7. The van der Waals surface area contributed by atoms with Crippen LogP contribution in [0.1, 0.15) is 37.5 Å². The third-order valence-corrected chi connectivity index (χ3v) is 11.4. The Bertz CT molecular complexity index is 1460. The van der Waals surface area contributed by atoms with Gasteiger partial charge in [0.05, 0.1) is 29.9 Å². The van der Waals surface area contributed by atoms with Gasteiger partial charge in [-0.25, -0.2) is 18.8 Å². The van der Waals surface area contributed by atoms with Crippen LogP contribution in [0.4, 0.5) is 21.5 Å². The summed E-state index contributed by atoms with van der Waals surface area (Å²) in [6.07, 6.45) is 0. The van der Waals surface area contributed by atoms with Gasteiger partial charge in [-0.15, -0.1) is 0 Å². The highest BCUT2D eigenvalue weighted by molar-refractivity contribution is 7.68. The molecular formula is C30H34FN4O2P. The fraction of sp³-hybridized carbons (Fsp3) is 0.367. The van der Waals surface area contributed by atoms with E-state index < -0.39 is 7.43 Å². The zero-order valence-electron chi connectivity index (χ0n) is 22.6. The van der Waals surface area contributed by atoms with E-state index in [0.29, 0.717) is 38.2 Å². The van der Waals surface area contributed by atoms with Gasteiger partial charge in [-0.3, -0.25) is 0 Å². The van der Waals surface area contributed by atoms with E-state index in [1.54, 1.807) is 12.1 Å². The van der Waals surface area contributed by atoms with Crippen LogP contribution >= 0.6 is 7.43 Å². The lowest BCUT2D eigenvalue weighted by molar-refractivity contribution is 0.0716. The Kier molecular flexibility index (Phi) is 6.21. The quantitative estimate of drug-likeness (QED) is 0.353. The van der Waals surface area contributed by atoms with E-state index in [1.807, 2.05) is 0 Å². The van der Waals surface area contributed by atoms with Gasteiger partial charge in [0.25, 0.3) is 0 Å². The highest BCUT2D eigenvalue weighted by Crippen LogP contribution is 2.61. The highest BCUT2D eigenvalue weighted by atomic mass is 31.2. The minimum absolute atomic E-state index is 0.0510. The normalized spacial score (nSPS) is 24.3. The molecule has 0 spiro atoms. The Balaban J connectivity index is 1.65. The second-order valence-corrected chi connectivity index (χ2v) is 13.4. The fourth-order valence-corrected chi connectivity index (χ4v) is 8.61. The Labute approximate surface area is 224 Å². The molecule has 3 aliphatic heterocycles. The molecular weight excluding hydrogens is 498 g/mol. The van der Waals surface area contributed by atoms with E-state index in [1.165, 1.54) is 28.9 Å². The molecule has 8 heteroatoms. The number of anilines is 1. The number of ether oxygens (including phenoxy) is 1. The number of hydrogen-bond acceptors (Lipinski definition) is 5. The largest absolute Gasteiger partial charge is 0.424 e. The second kappa shape index (κ2) is 9.33. The summed E-state index contributed by atoms with van der Waals surface area (Å²) in [5.74, 6) is 0.181. The molecule has 1 fully saturated rings. The number of aliphatic imine (C=N–C) groups is 1. The maximum atomic E-state index is 13.8. The number of benzene rings is 3. The molecule has 198 valence electrons. The zero-order valence-corrected chi connectivity index (χ0v) is 23.5. The number of hydrogen-bond donors (Lipinski definition) is 0. The first-order chi connectivity index (χ1) is 18.2. The van der Waals surface area contributed by atoms with Crippen LogP contribution in [-0.2, 0) is 14.7 Å². The first-order valence-electron chi connectivity index (χ1n) is 13.2. The van der Waals surface area contributed by atoms with Crippen molar-refractivity contribution in [3.63, 3.8) is 0 Å². The van der Waals surface area contributed by atoms with E-state index in [2.05, 4.69) is 80.7 Å². The monoisotopic (exact) mass is 532 g/mol. The summed E-state index contributed by atoms with van der Waals surface area (Å²) in [6, 6.07) is 19.4. The lowest BCUT2D eigenvalue weighted by Gasteiger charge is -2.41. The average molecular weight is 533 g/mol. The van der Waals surface area contributed by atoms with Crippen molar-refractivity contribution in [2.24, 2.45) is 9.74 Å². The minimum Gasteiger partial charge on any atom is -0.424 e. The molecule has 0 aliphatic carbocycles. The maximum absolute atomic E-state index is 13.8. The van der Waals surface area contributed by atoms with Gasteiger partial charge in [0.2, 0.25) is 13.3 Å². The van der Waals surface area contributed by atoms with Crippen molar-refractivity contribution >= 4 is 35.7 Å². The molecule has 0 amide bonds. The number of halogens is 1. The Morgan fingerprint density at radius 1 is 1.03 bits per heavy atom. The molecule has 0 unspecified atom stereocenters. The lowest BCUT2D eigenvalue weighted by atomic mass is 9.81. The smallest absolute Gasteiger partial charge is 0.242 e. The van der Waals surface area contributed by atoms with Crippen LogP contribution in [0.25, 0.3) is 0 Å². The Hall–Kier alpha value is -2.99. The average Bonchev–Trinajstić information content (AvgIpc) is 3.09. The number of morpholine rings is 1. The van der Waals surface area contributed by atoms with Crippen molar-refractivity contribution in [2.75, 3.05) is 38.3 Å². The van der Waals surface area contributed by atoms with E-state index in [-0.39, 0.29) is 11.2 Å². The maximum Gasteiger partial charge on any atom is 0.242 e. The molecule has 6 nitrogen and oxygen atoms in total.